The van der Waals surface area contributed by atoms with E-state index < -0.39 is 46.9 Å². The summed E-state index contributed by atoms with van der Waals surface area (Å²) in [5.74, 6) is -0.913. The van der Waals surface area contributed by atoms with Gasteiger partial charge in [0.1, 0.15) is 0 Å². The van der Waals surface area contributed by atoms with Crippen molar-refractivity contribution in [3.8, 4) is 0 Å². The van der Waals surface area contributed by atoms with Crippen molar-refractivity contribution < 1.29 is 35.9 Å². The smallest absolute Gasteiger partial charge is 0.373 e. The number of carbonyl (C=O) groups excluding carboxylic acids is 1. The molecule has 5 rings (SSSR count). The molecule has 1 saturated heterocycles. The molecule has 0 unspecified atom stereocenters. The Morgan fingerprint density at radius 2 is 1.60 bits per heavy atom. The monoisotopic (exact) mass is 640 g/mol. The summed E-state index contributed by atoms with van der Waals surface area (Å²) < 4.78 is 89.6. The first kappa shape index (κ1) is 31.1. The number of likely N-dealkylation sites (tertiary alicyclic amines) is 1. The van der Waals surface area contributed by atoms with Crippen LogP contribution < -0.4 is 0 Å². The van der Waals surface area contributed by atoms with Crippen LogP contribution in [0.15, 0.2) is 66.9 Å². The van der Waals surface area contributed by atoms with Crippen molar-refractivity contribution in [2.45, 2.75) is 44.3 Å². The van der Waals surface area contributed by atoms with E-state index in [9.17, 15) is 31.1 Å². The van der Waals surface area contributed by atoms with Crippen LogP contribution in [0.4, 0.5) is 26.3 Å². The van der Waals surface area contributed by atoms with Crippen LogP contribution in [0.25, 0.3) is 10.9 Å². The molecule has 1 aromatic heterocycles. The molecule has 4 aromatic rings. The summed E-state index contributed by atoms with van der Waals surface area (Å²) in [6.45, 7) is 0.472. The van der Waals surface area contributed by atoms with Crippen LogP contribution in [0.1, 0.15) is 51.0 Å². The average molecular weight is 641 g/mol. The van der Waals surface area contributed by atoms with Crippen molar-refractivity contribution in [3.05, 3.63) is 110 Å². The van der Waals surface area contributed by atoms with Crippen molar-refractivity contribution >= 4 is 40.0 Å². The van der Waals surface area contributed by atoms with E-state index in [0.717, 1.165) is 16.5 Å². The van der Waals surface area contributed by atoms with E-state index in [2.05, 4.69) is 4.98 Å². The number of nitrogens with zero attached hydrogens (tertiary/aromatic N) is 2. The van der Waals surface area contributed by atoms with Crippen LogP contribution in [-0.2, 0) is 30.1 Å². The minimum atomic E-state index is -5.15. The fourth-order valence-electron chi connectivity index (χ4n) is 5.13. The van der Waals surface area contributed by atoms with E-state index in [0.29, 0.717) is 18.9 Å². The maximum absolute atomic E-state index is 14.2. The molecular formula is C31H24Cl2F6N2O2. The van der Waals surface area contributed by atoms with E-state index in [4.69, 9.17) is 27.9 Å². The summed E-state index contributed by atoms with van der Waals surface area (Å²) in [5, 5.41) is 1.18. The number of amides is 1. The van der Waals surface area contributed by atoms with Gasteiger partial charge < -0.3 is 9.64 Å². The standard InChI is InChI=1S/C31H24Cl2F6N2O2/c32-26-6-5-18(13-27(26)33)12-23-24(14-21(30(34,35)36)15-25(23)31(37,38)39)29(42)41-9-7-22(8-10-41)43-17-19-11-20-3-1-2-4-28(20)40-16-19/h1-6,11,13-16,22H,7-10,12,17H2. The zero-order valence-electron chi connectivity index (χ0n) is 22.4. The van der Waals surface area contributed by atoms with Gasteiger partial charge in [-0.2, -0.15) is 26.3 Å². The van der Waals surface area contributed by atoms with Gasteiger partial charge in [-0.15, -0.1) is 0 Å². The van der Waals surface area contributed by atoms with Crippen molar-refractivity contribution in [2.75, 3.05) is 13.1 Å². The van der Waals surface area contributed by atoms with Gasteiger partial charge in [0.15, 0.2) is 0 Å². The average Bonchev–Trinajstić information content (AvgIpc) is 2.96. The molecule has 4 nitrogen and oxygen atoms in total. The first-order chi connectivity index (χ1) is 20.3. The summed E-state index contributed by atoms with van der Waals surface area (Å²) in [6, 6.07) is 14.2. The Balaban J connectivity index is 1.37. The van der Waals surface area contributed by atoms with Gasteiger partial charge >= 0.3 is 12.4 Å². The van der Waals surface area contributed by atoms with Crippen molar-refractivity contribution in [2.24, 2.45) is 0 Å². The number of ether oxygens (including phenoxy) is 1. The van der Waals surface area contributed by atoms with Crippen LogP contribution in [0.3, 0.4) is 0 Å². The summed E-state index contributed by atoms with van der Waals surface area (Å²) in [6.07, 6.45) is -8.55. The maximum Gasteiger partial charge on any atom is 0.416 e. The molecule has 0 atom stereocenters. The Hall–Kier alpha value is -3.34. The molecule has 43 heavy (non-hydrogen) atoms. The number of alkyl halides is 6. The van der Waals surface area contributed by atoms with Gasteiger partial charge in [0.05, 0.1) is 39.4 Å². The third-order valence-corrected chi connectivity index (χ3v) is 8.08. The number of piperidine rings is 1. The van der Waals surface area contributed by atoms with Crippen molar-refractivity contribution in [1.29, 1.82) is 0 Å². The van der Waals surface area contributed by atoms with Crippen LogP contribution in [0.5, 0.6) is 0 Å². The summed E-state index contributed by atoms with van der Waals surface area (Å²) >= 11 is 12.0. The minimum absolute atomic E-state index is 0.0470. The second-order valence-electron chi connectivity index (χ2n) is 10.3. The van der Waals surface area contributed by atoms with E-state index >= 15 is 0 Å². The van der Waals surface area contributed by atoms with E-state index in [-0.39, 0.29) is 47.5 Å². The third-order valence-electron chi connectivity index (χ3n) is 7.34. The molecule has 0 N–H and O–H groups in total. The van der Waals surface area contributed by atoms with Crippen LogP contribution in [-0.4, -0.2) is 35.0 Å². The predicted octanol–water partition coefficient (Wildman–Crippen LogP) is 8.99. The van der Waals surface area contributed by atoms with Crippen LogP contribution in [0.2, 0.25) is 10.0 Å². The zero-order chi connectivity index (χ0) is 30.9. The lowest BCUT2D eigenvalue weighted by molar-refractivity contribution is -0.143. The minimum Gasteiger partial charge on any atom is -0.373 e. The summed E-state index contributed by atoms with van der Waals surface area (Å²) in [4.78, 5) is 19.3. The number of carbonyl (C=O) groups is 1. The highest BCUT2D eigenvalue weighted by Gasteiger charge is 2.41. The van der Waals surface area contributed by atoms with E-state index in [1.165, 1.54) is 23.1 Å². The Morgan fingerprint density at radius 3 is 2.28 bits per heavy atom. The number of aromatic nitrogens is 1. The second-order valence-corrected chi connectivity index (χ2v) is 11.1. The number of para-hydroxylation sites is 1. The molecule has 226 valence electrons. The van der Waals surface area contributed by atoms with Crippen molar-refractivity contribution in [1.82, 2.24) is 9.88 Å². The van der Waals surface area contributed by atoms with Crippen LogP contribution >= 0.6 is 23.2 Å². The maximum atomic E-state index is 14.2. The van der Waals surface area contributed by atoms with E-state index in [1.807, 2.05) is 30.3 Å². The molecule has 0 aliphatic carbocycles. The third kappa shape index (κ3) is 7.25. The lowest BCUT2D eigenvalue weighted by atomic mass is 9.90. The van der Waals surface area contributed by atoms with Gasteiger partial charge in [-0.05, 0) is 72.4 Å². The topological polar surface area (TPSA) is 42.4 Å². The van der Waals surface area contributed by atoms with Gasteiger partial charge in [-0.25, -0.2) is 0 Å². The highest BCUT2D eigenvalue weighted by atomic mass is 35.5. The fraction of sp³-hybridized carbons (Fsp3) is 0.290. The Morgan fingerprint density at radius 1 is 0.884 bits per heavy atom. The molecule has 0 bridgehead atoms. The fourth-order valence-corrected chi connectivity index (χ4v) is 5.45. The van der Waals surface area contributed by atoms with Crippen molar-refractivity contribution in [3.63, 3.8) is 0 Å². The number of hydrogen-bond acceptors (Lipinski definition) is 3. The molecule has 3 aromatic carbocycles. The quantitative estimate of drug-likeness (QED) is 0.198. The molecule has 1 aliphatic rings. The lowest BCUT2D eigenvalue weighted by Crippen LogP contribution is -2.41. The Kier molecular flexibility index (Phi) is 8.92. The van der Waals surface area contributed by atoms with E-state index in [1.54, 1.807) is 6.20 Å². The largest absolute Gasteiger partial charge is 0.416 e. The van der Waals surface area contributed by atoms with Gasteiger partial charge in [-0.3, -0.25) is 9.78 Å². The Labute approximate surface area is 253 Å². The zero-order valence-corrected chi connectivity index (χ0v) is 23.9. The van der Waals surface area contributed by atoms with Crippen LogP contribution in [0, 0.1) is 0 Å². The number of hydrogen-bond donors (Lipinski definition) is 0. The molecular weight excluding hydrogens is 617 g/mol. The second kappa shape index (κ2) is 12.3. The van der Waals surface area contributed by atoms with Gasteiger partial charge in [0, 0.05) is 30.2 Å². The number of pyridine rings is 1. The lowest BCUT2D eigenvalue weighted by Gasteiger charge is -2.33. The normalized spacial score (nSPS) is 14.8. The highest BCUT2D eigenvalue weighted by Crippen LogP contribution is 2.40. The predicted molar refractivity (Wildman–Crippen MR) is 151 cm³/mol. The molecule has 1 amide bonds. The molecule has 0 spiro atoms. The number of rotatable bonds is 6. The summed E-state index contributed by atoms with van der Waals surface area (Å²) in [5.41, 5.74) is -2.35. The number of fused-ring (bicyclic) bond motifs is 1. The first-order valence-corrected chi connectivity index (χ1v) is 14.0. The summed E-state index contributed by atoms with van der Waals surface area (Å²) in [7, 11) is 0. The Bertz CT molecular complexity index is 1650. The SMILES string of the molecule is O=C(c1cc(C(F)(F)F)cc(C(F)(F)F)c1Cc1ccc(Cl)c(Cl)c1)N1CCC(OCc2cnc3ccccc3c2)CC1. The van der Waals surface area contributed by atoms with Gasteiger partial charge in [0.2, 0.25) is 0 Å². The van der Waals surface area contributed by atoms with Gasteiger partial charge in [0.25, 0.3) is 5.91 Å². The van der Waals surface area contributed by atoms with Gasteiger partial charge in [-0.1, -0.05) is 47.5 Å². The number of benzene rings is 3. The number of halogens is 8. The highest BCUT2D eigenvalue weighted by molar-refractivity contribution is 6.42. The molecule has 0 saturated carbocycles. The molecule has 0 radical (unpaired) electrons. The molecule has 1 aliphatic heterocycles. The molecule has 1 fully saturated rings. The molecule has 12 heteroatoms. The molecule has 2 heterocycles. The first-order valence-electron chi connectivity index (χ1n) is 13.3.